The molecule has 0 aliphatic carbocycles. The number of carbonyl (C=O) groups excluding carboxylic acids is 1. The van der Waals surface area contributed by atoms with Crippen LogP contribution in [0.3, 0.4) is 0 Å². The van der Waals surface area contributed by atoms with Crippen LogP contribution in [0.25, 0.3) is 0 Å². The molecule has 0 radical (unpaired) electrons. The Balaban J connectivity index is 1.62. The van der Waals surface area contributed by atoms with Crippen LogP contribution in [0, 0.1) is 5.82 Å². The van der Waals surface area contributed by atoms with Crippen molar-refractivity contribution < 1.29 is 23.8 Å². The van der Waals surface area contributed by atoms with Crippen molar-refractivity contribution >= 4 is 11.9 Å². The summed E-state index contributed by atoms with van der Waals surface area (Å²) in [6.45, 7) is 0.480. The third kappa shape index (κ3) is 3.69. The quantitative estimate of drug-likeness (QED) is 0.894. The van der Waals surface area contributed by atoms with Crippen molar-refractivity contribution in [2.24, 2.45) is 0 Å². The molecule has 1 amide bonds. The van der Waals surface area contributed by atoms with E-state index in [-0.39, 0.29) is 12.5 Å². The number of rotatable bonds is 5. The van der Waals surface area contributed by atoms with Crippen LogP contribution in [-0.4, -0.2) is 41.6 Å². The number of hydrogen-bond donors (Lipinski definition) is 1. The second-order valence-corrected chi connectivity index (χ2v) is 6.38. The third-order valence-electron chi connectivity index (χ3n) is 4.86. The molecule has 1 saturated heterocycles. The zero-order valence-corrected chi connectivity index (χ0v) is 14.2. The van der Waals surface area contributed by atoms with Gasteiger partial charge in [-0.2, -0.15) is 0 Å². The molecule has 2 aromatic carbocycles. The molecular formula is C20H20FNO4. The Labute approximate surface area is 151 Å². The molecule has 26 heavy (non-hydrogen) atoms. The first kappa shape index (κ1) is 17.9. The molecule has 0 bridgehead atoms. The summed E-state index contributed by atoms with van der Waals surface area (Å²) in [7, 11) is 0. The van der Waals surface area contributed by atoms with Crippen molar-refractivity contribution in [3.8, 4) is 5.75 Å². The van der Waals surface area contributed by atoms with E-state index in [0.717, 1.165) is 5.56 Å². The molecular weight excluding hydrogens is 337 g/mol. The Kier molecular flexibility index (Phi) is 5.21. The lowest BCUT2D eigenvalue weighted by molar-refractivity contribution is -0.148. The summed E-state index contributed by atoms with van der Waals surface area (Å²) in [5.41, 5.74) is -0.211. The van der Waals surface area contributed by atoms with Gasteiger partial charge in [0.15, 0.2) is 6.61 Å². The van der Waals surface area contributed by atoms with Crippen LogP contribution in [-0.2, 0) is 15.0 Å². The molecule has 0 aromatic heterocycles. The van der Waals surface area contributed by atoms with Gasteiger partial charge < -0.3 is 14.7 Å². The van der Waals surface area contributed by atoms with Crippen LogP contribution < -0.4 is 4.74 Å². The fourth-order valence-corrected chi connectivity index (χ4v) is 3.31. The van der Waals surface area contributed by atoms with Crippen molar-refractivity contribution in [2.45, 2.75) is 18.3 Å². The van der Waals surface area contributed by atoms with Crippen LogP contribution in [0.15, 0.2) is 54.6 Å². The monoisotopic (exact) mass is 357 g/mol. The number of ether oxygens (including phenoxy) is 1. The molecule has 6 heteroatoms. The molecule has 5 nitrogen and oxygen atoms in total. The number of nitrogens with zero attached hydrogens (tertiary/aromatic N) is 1. The van der Waals surface area contributed by atoms with Crippen LogP contribution in [0.1, 0.15) is 18.4 Å². The highest BCUT2D eigenvalue weighted by molar-refractivity contribution is 5.83. The first-order valence-corrected chi connectivity index (χ1v) is 8.46. The van der Waals surface area contributed by atoms with E-state index in [4.69, 9.17) is 4.74 Å². The largest absolute Gasteiger partial charge is 0.484 e. The molecule has 3 rings (SSSR count). The third-order valence-corrected chi connectivity index (χ3v) is 4.86. The fraction of sp³-hybridized carbons (Fsp3) is 0.300. The molecule has 136 valence electrons. The minimum absolute atomic E-state index is 0.200. The predicted octanol–water partition coefficient (Wildman–Crippen LogP) is 2.85. The standard InChI is InChI=1S/C20H20FNO4/c21-16-7-4-8-17(13-16)26-14-18(23)22-11-9-20(10-12-22,19(24)25)15-5-2-1-3-6-15/h1-8,13H,9-12,14H2,(H,24,25). The fourth-order valence-electron chi connectivity index (χ4n) is 3.31. The molecule has 0 unspecified atom stereocenters. The second kappa shape index (κ2) is 7.56. The zero-order valence-electron chi connectivity index (χ0n) is 14.2. The Hall–Kier alpha value is -2.89. The molecule has 1 aliphatic heterocycles. The highest BCUT2D eigenvalue weighted by atomic mass is 19.1. The number of carboxylic acid groups (broad SMARTS) is 1. The summed E-state index contributed by atoms with van der Waals surface area (Å²) < 4.78 is 18.5. The number of hydrogen-bond acceptors (Lipinski definition) is 3. The van der Waals surface area contributed by atoms with Crippen molar-refractivity contribution in [3.63, 3.8) is 0 Å². The van der Waals surface area contributed by atoms with Gasteiger partial charge in [-0.25, -0.2) is 4.39 Å². The molecule has 1 aliphatic rings. The molecule has 0 atom stereocenters. The van der Waals surface area contributed by atoms with E-state index in [2.05, 4.69) is 0 Å². The van der Waals surface area contributed by atoms with Crippen LogP contribution in [0.4, 0.5) is 4.39 Å². The summed E-state index contributed by atoms with van der Waals surface area (Å²) in [6.07, 6.45) is 0.691. The van der Waals surface area contributed by atoms with E-state index in [9.17, 15) is 19.1 Å². The maximum Gasteiger partial charge on any atom is 0.314 e. The van der Waals surface area contributed by atoms with Gasteiger partial charge in [-0.1, -0.05) is 36.4 Å². The van der Waals surface area contributed by atoms with Gasteiger partial charge in [0, 0.05) is 19.2 Å². The summed E-state index contributed by atoms with van der Waals surface area (Å²) in [5, 5.41) is 9.78. The average molecular weight is 357 g/mol. The van der Waals surface area contributed by atoms with Crippen LogP contribution in [0.5, 0.6) is 5.75 Å². The molecule has 0 saturated carbocycles. The molecule has 0 spiro atoms. The minimum Gasteiger partial charge on any atom is -0.484 e. The number of aliphatic carboxylic acids is 1. The topological polar surface area (TPSA) is 66.8 Å². The summed E-state index contributed by atoms with van der Waals surface area (Å²) in [6, 6.07) is 14.7. The highest BCUT2D eigenvalue weighted by Crippen LogP contribution is 2.35. The van der Waals surface area contributed by atoms with Gasteiger partial charge in [-0.15, -0.1) is 0 Å². The Bertz CT molecular complexity index is 785. The van der Waals surface area contributed by atoms with Crippen molar-refractivity contribution in [2.75, 3.05) is 19.7 Å². The second-order valence-electron chi connectivity index (χ2n) is 6.38. The van der Waals surface area contributed by atoms with Crippen LogP contribution >= 0.6 is 0 Å². The lowest BCUT2D eigenvalue weighted by Gasteiger charge is -2.39. The van der Waals surface area contributed by atoms with Gasteiger partial charge in [0.2, 0.25) is 0 Å². The first-order chi connectivity index (χ1) is 12.5. The van der Waals surface area contributed by atoms with Gasteiger partial charge >= 0.3 is 5.97 Å². The maximum absolute atomic E-state index is 13.1. The van der Waals surface area contributed by atoms with Gasteiger partial charge in [-0.05, 0) is 30.5 Å². The number of amides is 1. The Morgan fingerprint density at radius 3 is 2.38 bits per heavy atom. The maximum atomic E-state index is 13.1. The number of carboxylic acids is 1. The van der Waals surface area contributed by atoms with Crippen molar-refractivity contribution in [1.82, 2.24) is 4.90 Å². The van der Waals surface area contributed by atoms with E-state index in [1.807, 2.05) is 30.3 Å². The average Bonchev–Trinajstić information content (AvgIpc) is 2.67. The van der Waals surface area contributed by atoms with Crippen molar-refractivity contribution in [3.05, 3.63) is 66.0 Å². The SMILES string of the molecule is O=C(COc1cccc(F)c1)N1CCC(C(=O)O)(c2ccccc2)CC1. The van der Waals surface area contributed by atoms with E-state index in [0.29, 0.717) is 31.7 Å². The summed E-state index contributed by atoms with van der Waals surface area (Å²) >= 11 is 0. The van der Waals surface area contributed by atoms with Gasteiger partial charge in [0.25, 0.3) is 5.91 Å². The smallest absolute Gasteiger partial charge is 0.314 e. The van der Waals surface area contributed by atoms with E-state index in [1.54, 1.807) is 11.0 Å². The van der Waals surface area contributed by atoms with Gasteiger partial charge in [0.05, 0.1) is 5.41 Å². The van der Waals surface area contributed by atoms with E-state index >= 15 is 0 Å². The van der Waals surface area contributed by atoms with Crippen LogP contribution in [0.2, 0.25) is 0 Å². The number of piperidine rings is 1. The van der Waals surface area contributed by atoms with Gasteiger partial charge in [-0.3, -0.25) is 9.59 Å². The highest BCUT2D eigenvalue weighted by Gasteiger charge is 2.43. The van der Waals surface area contributed by atoms with Gasteiger partial charge in [0.1, 0.15) is 11.6 Å². The molecule has 2 aromatic rings. The number of halogens is 1. The number of benzene rings is 2. The summed E-state index contributed by atoms with van der Waals surface area (Å²) in [5.74, 6) is -1.24. The number of likely N-dealkylation sites (tertiary alicyclic amines) is 1. The van der Waals surface area contributed by atoms with E-state index in [1.165, 1.54) is 18.2 Å². The zero-order chi connectivity index (χ0) is 18.6. The Morgan fingerprint density at radius 1 is 1.08 bits per heavy atom. The van der Waals surface area contributed by atoms with E-state index < -0.39 is 17.2 Å². The molecule has 1 N–H and O–H groups in total. The molecule has 1 heterocycles. The normalized spacial score (nSPS) is 16.1. The first-order valence-electron chi connectivity index (χ1n) is 8.46. The molecule has 1 fully saturated rings. The predicted molar refractivity (Wildman–Crippen MR) is 93.5 cm³/mol. The lowest BCUT2D eigenvalue weighted by Crippen LogP contribution is -2.50. The number of carbonyl (C=O) groups is 2. The minimum atomic E-state index is -0.971. The Morgan fingerprint density at radius 2 is 1.77 bits per heavy atom. The summed E-state index contributed by atoms with van der Waals surface area (Å²) in [4.78, 5) is 25.9. The lowest BCUT2D eigenvalue weighted by atomic mass is 9.73. The van der Waals surface area contributed by atoms with Crippen molar-refractivity contribution in [1.29, 1.82) is 0 Å².